The highest BCUT2D eigenvalue weighted by Crippen LogP contribution is 2.10. The van der Waals surface area contributed by atoms with Crippen LogP contribution in [0.2, 0.25) is 0 Å². The number of anilines is 1. The Labute approximate surface area is 113 Å². The van der Waals surface area contributed by atoms with E-state index in [1.807, 2.05) is 67.7 Å². The van der Waals surface area contributed by atoms with E-state index in [2.05, 4.69) is 5.10 Å². The minimum Gasteiger partial charge on any atom is -0.294 e. The maximum Gasteiger partial charge on any atom is 0.168 e. The molecule has 0 fully saturated rings. The first-order chi connectivity index (χ1) is 9.27. The van der Waals surface area contributed by atoms with Crippen LogP contribution in [-0.2, 0) is 0 Å². The van der Waals surface area contributed by atoms with Crippen LogP contribution in [0, 0.1) is 0 Å². The van der Waals surface area contributed by atoms with Gasteiger partial charge in [-0.3, -0.25) is 9.80 Å². The van der Waals surface area contributed by atoms with Crippen LogP contribution in [0.4, 0.5) is 5.69 Å². The summed E-state index contributed by atoms with van der Waals surface area (Å²) in [5, 5.41) is 6.00. The van der Waals surface area contributed by atoms with Gasteiger partial charge in [-0.25, -0.2) is 0 Å². The predicted octanol–water partition coefficient (Wildman–Crippen LogP) is 3.38. The van der Waals surface area contributed by atoms with Crippen LogP contribution in [0.3, 0.4) is 0 Å². The van der Waals surface area contributed by atoms with E-state index in [-0.39, 0.29) is 5.78 Å². The molecule has 2 aromatic rings. The van der Waals surface area contributed by atoms with Gasteiger partial charge in [0.2, 0.25) is 0 Å². The Kier molecular flexibility index (Phi) is 4.45. The van der Waals surface area contributed by atoms with Crippen molar-refractivity contribution in [3.63, 3.8) is 0 Å². The van der Waals surface area contributed by atoms with E-state index >= 15 is 0 Å². The summed E-state index contributed by atoms with van der Waals surface area (Å²) in [6, 6.07) is 19.1. The zero-order chi connectivity index (χ0) is 13.5. The summed E-state index contributed by atoms with van der Waals surface area (Å²) < 4.78 is 0. The fourth-order valence-corrected chi connectivity index (χ4v) is 1.70. The lowest BCUT2D eigenvalue weighted by Crippen LogP contribution is -2.09. The summed E-state index contributed by atoms with van der Waals surface area (Å²) in [6.45, 7) is 0. The Balaban J connectivity index is 1.92. The number of Topliss-reactive ketones (excluding diaryl/α,β-unsaturated/α-hetero) is 1. The van der Waals surface area contributed by atoms with Gasteiger partial charge in [0.25, 0.3) is 0 Å². The number of hydrazone groups is 1. The van der Waals surface area contributed by atoms with Crippen LogP contribution in [0.5, 0.6) is 0 Å². The van der Waals surface area contributed by atoms with Crippen molar-refractivity contribution in [3.8, 4) is 0 Å². The molecular formula is C16H16N2O. The maximum atomic E-state index is 11.9. The van der Waals surface area contributed by atoms with E-state index in [9.17, 15) is 4.79 Å². The van der Waals surface area contributed by atoms with Gasteiger partial charge in [-0.05, 0) is 12.1 Å². The standard InChI is InChI=1S/C16H16N2O/c1-18(15-10-6-3-7-11-15)17-13-12-16(19)14-8-4-2-5-9-14/h2-11,13H,12H2,1H3/b17-13+. The van der Waals surface area contributed by atoms with Crippen LogP contribution < -0.4 is 5.01 Å². The number of carbonyl (C=O) groups excluding carboxylic acids is 1. The molecule has 0 aliphatic rings. The molecule has 3 heteroatoms. The molecule has 96 valence electrons. The number of hydrogen-bond donors (Lipinski definition) is 0. The quantitative estimate of drug-likeness (QED) is 0.464. The van der Waals surface area contributed by atoms with Crippen molar-refractivity contribution in [2.24, 2.45) is 5.10 Å². The molecule has 2 rings (SSSR count). The van der Waals surface area contributed by atoms with E-state index in [0.29, 0.717) is 6.42 Å². The van der Waals surface area contributed by atoms with Crippen LogP contribution in [0.25, 0.3) is 0 Å². The van der Waals surface area contributed by atoms with Gasteiger partial charge in [0.05, 0.1) is 5.69 Å². The third-order valence-corrected chi connectivity index (χ3v) is 2.76. The third-order valence-electron chi connectivity index (χ3n) is 2.76. The van der Waals surface area contributed by atoms with Gasteiger partial charge in [0, 0.05) is 25.2 Å². The van der Waals surface area contributed by atoms with Gasteiger partial charge in [0.15, 0.2) is 5.78 Å². The van der Waals surface area contributed by atoms with E-state index < -0.39 is 0 Å². The fraction of sp³-hybridized carbons (Fsp3) is 0.125. The summed E-state index contributed by atoms with van der Waals surface area (Å²) in [7, 11) is 1.86. The first-order valence-electron chi connectivity index (χ1n) is 6.17. The number of para-hydroxylation sites is 1. The molecule has 0 atom stereocenters. The summed E-state index contributed by atoms with van der Waals surface area (Å²) in [5.41, 5.74) is 1.71. The van der Waals surface area contributed by atoms with Crippen LogP contribution in [-0.4, -0.2) is 19.0 Å². The molecule has 0 saturated heterocycles. The van der Waals surface area contributed by atoms with Gasteiger partial charge in [-0.2, -0.15) is 5.10 Å². The van der Waals surface area contributed by atoms with E-state index in [4.69, 9.17) is 0 Å². The number of ketones is 1. The summed E-state index contributed by atoms with van der Waals surface area (Å²) >= 11 is 0. The number of rotatable bonds is 5. The third kappa shape index (κ3) is 3.78. The molecule has 0 bridgehead atoms. The fourth-order valence-electron chi connectivity index (χ4n) is 1.70. The number of carbonyl (C=O) groups is 1. The summed E-state index contributed by atoms with van der Waals surface area (Å²) in [6.07, 6.45) is 1.95. The molecule has 0 amide bonds. The largest absolute Gasteiger partial charge is 0.294 e. The zero-order valence-corrected chi connectivity index (χ0v) is 10.9. The Morgan fingerprint density at radius 1 is 1.05 bits per heavy atom. The lowest BCUT2D eigenvalue weighted by molar-refractivity contribution is 0.100. The SMILES string of the molecule is CN(/N=C/CC(=O)c1ccccc1)c1ccccc1. The van der Waals surface area contributed by atoms with Crippen molar-refractivity contribution in [1.29, 1.82) is 0 Å². The van der Waals surface area contributed by atoms with Crippen molar-refractivity contribution in [3.05, 3.63) is 66.2 Å². The Bertz CT molecular complexity index is 549. The number of nitrogens with zero attached hydrogens (tertiary/aromatic N) is 2. The molecular weight excluding hydrogens is 236 g/mol. The van der Waals surface area contributed by atoms with E-state index in [0.717, 1.165) is 11.3 Å². The normalized spacial score (nSPS) is 10.6. The average molecular weight is 252 g/mol. The molecule has 0 N–H and O–H groups in total. The Morgan fingerprint density at radius 3 is 2.26 bits per heavy atom. The maximum absolute atomic E-state index is 11.9. The second-order valence-electron chi connectivity index (χ2n) is 4.15. The van der Waals surface area contributed by atoms with Gasteiger partial charge >= 0.3 is 0 Å². The highest BCUT2D eigenvalue weighted by Gasteiger charge is 2.02. The Morgan fingerprint density at radius 2 is 1.63 bits per heavy atom. The average Bonchev–Trinajstić information content (AvgIpc) is 2.49. The molecule has 0 aliphatic carbocycles. The van der Waals surface area contributed by atoms with Crippen molar-refractivity contribution in [1.82, 2.24) is 0 Å². The summed E-state index contributed by atoms with van der Waals surface area (Å²) in [4.78, 5) is 11.9. The van der Waals surface area contributed by atoms with E-state index in [1.54, 1.807) is 11.2 Å². The smallest absolute Gasteiger partial charge is 0.168 e. The second kappa shape index (κ2) is 6.50. The van der Waals surface area contributed by atoms with Gasteiger partial charge < -0.3 is 0 Å². The minimum absolute atomic E-state index is 0.0748. The molecule has 0 aromatic heterocycles. The molecule has 0 aliphatic heterocycles. The topological polar surface area (TPSA) is 32.7 Å². The zero-order valence-electron chi connectivity index (χ0n) is 10.9. The minimum atomic E-state index is 0.0748. The van der Waals surface area contributed by atoms with Crippen molar-refractivity contribution in [2.45, 2.75) is 6.42 Å². The highest BCUT2D eigenvalue weighted by molar-refractivity contribution is 6.03. The molecule has 0 saturated carbocycles. The number of hydrogen-bond acceptors (Lipinski definition) is 3. The van der Waals surface area contributed by atoms with Gasteiger partial charge in [0.1, 0.15) is 0 Å². The first-order valence-corrected chi connectivity index (χ1v) is 6.17. The predicted molar refractivity (Wildman–Crippen MR) is 78.7 cm³/mol. The van der Waals surface area contributed by atoms with Crippen molar-refractivity contribution >= 4 is 17.7 Å². The van der Waals surface area contributed by atoms with E-state index in [1.165, 1.54) is 0 Å². The molecule has 2 aromatic carbocycles. The van der Waals surface area contributed by atoms with Crippen molar-refractivity contribution < 1.29 is 4.79 Å². The van der Waals surface area contributed by atoms with Crippen LogP contribution in [0.15, 0.2) is 65.8 Å². The molecule has 0 unspecified atom stereocenters. The lowest BCUT2D eigenvalue weighted by atomic mass is 10.1. The number of benzene rings is 2. The first kappa shape index (κ1) is 13.0. The van der Waals surface area contributed by atoms with Crippen LogP contribution >= 0.6 is 0 Å². The molecule has 0 heterocycles. The lowest BCUT2D eigenvalue weighted by Gasteiger charge is -2.11. The summed E-state index contributed by atoms with van der Waals surface area (Å²) in [5.74, 6) is 0.0748. The highest BCUT2D eigenvalue weighted by atomic mass is 16.1. The second-order valence-corrected chi connectivity index (χ2v) is 4.15. The van der Waals surface area contributed by atoms with Crippen molar-refractivity contribution in [2.75, 3.05) is 12.1 Å². The van der Waals surface area contributed by atoms with Gasteiger partial charge in [-0.15, -0.1) is 0 Å². The molecule has 0 spiro atoms. The molecule has 19 heavy (non-hydrogen) atoms. The van der Waals surface area contributed by atoms with Crippen LogP contribution in [0.1, 0.15) is 16.8 Å². The Hall–Kier alpha value is -2.42. The molecule has 3 nitrogen and oxygen atoms in total. The molecule has 0 radical (unpaired) electrons. The monoisotopic (exact) mass is 252 g/mol. The van der Waals surface area contributed by atoms with Gasteiger partial charge in [-0.1, -0.05) is 48.5 Å².